The monoisotopic (exact) mass is 278 g/mol. The molecule has 2 N–H and O–H groups in total. The first kappa shape index (κ1) is 11.0. The summed E-state index contributed by atoms with van der Waals surface area (Å²) in [4.78, 5) is 3.95. The van der Waals surface area contributed by atoms with Crippen LogP contribution in [0.1, 0.15) is 5.56 Å². The molecule has 16 heavy (non-hydrogen) atoms. The molecule has 3 nitrogen and oxygen atoms in total. The Morgan fingerprint density at radius 2 is 2.12 bits per heavy atom. The minimum atomic E-state index is 0.510. The molecule has 1 aromatic carbocycles. The Labute approximate surface area is 102 Å². The topological polar surface area (TPSA) is 48.1 Å². The quantitative estimate of drug-likeness (QED) is 0.914. The smallest absolute Gasteiger partial charge is 0.167 e. The average Bonchev–Trinajstić information content (AvgIpc) is 2.24. The Kier molecular flexibility index (Phi) is 3.10. The van der Waals surface area contributed by atoms with E-state index in [1.54, 1.807) is 12.4 Å². The van der Waals surface area contributed by atoms with Gasteiger partial charge in [-0.3, -0.25) is 4.98 Å². The van der Waals surface area contributed by atoms with E-state index >= 15 is 0 Å². The third-order valence-corrected chi connectivity index (χ3v) is 2.65. The van der Waals surface area contributed by atoms with E-state index in [2.05, 4.69) is 20.9 Å². The molecule has 0 saturated heterocycles. The molecule has 1 heterocycles. The lowest BCUT2D eigenvalue weighted by Crippen LogP contribution is -1.94. The molecule has 0 aliphatic carbocycles. The van der Waals surface area contributed by atoms with E-state index in [4.69, 9.17) is 10.5 Å². The van der Waals surface area contributed by atoms with Crippen LogP contribution in [0.4, 0.5) is 5.69 Å². The zero-order valence-electron chi connectivity index (χ0n) is 8.77. The molecule has 4 heteroatoms. The van der Waals surface area contributed by atoms with E-state index < -0.39 is 0 Å². The molecule has 0 radical (unpaired) electrons. The van der Waals surface area contributed by atoms with Gasteiger partial charge in [-0.15, -0.1) is 0 Å². The van der Waals surface area contributed by atoms with E-state index in [-0.39, 0.29) is 0 Å². The van der Waals surface area contributed by atoms with Crippen LogP contribution in [0.25, 0.3) is 0 Å². The first-order valence-electron chi connectivity index (χ1n) is 4.80. The number of rotatable bonds is 2. The van der Waals surface area contributed by atoms with Crippen molar-refractivity contribution in [2.45, 2.75) is 6.92 Å². The largest absolute Gasteiger partial charge is 0.454 e. The van der Waals surface area contributed by atoms with Gasteiger partial charge in [0.1, 0.15) is 5.75 Å². The highest BCUT2D eigenvalue weighted by Crippen LogP contribution is 2.34. The van der Waals surface area contributed by atoms with Gasteiger partial charge in [-0.2, -0.15) is 0 Å². The minimum absolute atomic E-state index is 0.510. The second-order valence-electron chi connectivity index (χ2n) is 3.46. The summed E-state index contributed by atoms with van der Waals surface area (Å²) in [7, 11) is 0. The van der Waals surface area contributed by atoms with Crippen molar-refractivity contribution in [3.05, 3.63) is 46.7 Å². The molecule has 0 unspecified atom stereocenters. The molecule has 0 amide bonds. The molecule has 0 saturated carbocycles. The Balaban J connectivity index is 2.34. The first-order chi connectivity index (χ1) is 7.66. The van der Waals surface area contributed by atoms with Gasteiger partial charge in [0, 0.05) is 6.20 Å². The Morgan fingerprint density at radius 1 is 1.31 bits per heavy atom. The van der Waals surface area contributed by atoms with Gasteiger partial charge in [-0.05, 0) is 40.5 Å². The van der Waals surface area contributed by atoms with Gasteiger partial charge < -0.3 is 10.5 Å². The van der Waals surface area contributed by atoms with Gasteiger partial charge in [-0.1, -0.05) is 12.1 Å². The van der Waals surface area contributed by atoms with Crippen LogP contribution in [0.15, 0.2) is 41.1 Å². The summed E-state index contributed by atoms with van der Waals surface area (Å²) < 4.78 is 6.45. The second-order valence-corrected chi connectivity index (χ2v) is 4.31. The van der Waals surface area contributed by atoms with E-state index in [1.165, 1.54) is 0 Å². The van der Waals surface area contributed by atoms with Crippen molar-refractivity contribution in [3.63, 3.8) is 0 Å². The molecule has 0 spiro atoms. The van der Waals surface area contributed by atoms with E-state index in [0.717, 1.165) is 15.8 Å². The normalized spacial score (nSPS) is 10.1. The number of aromatic nitrogens is 1. The zero-order valence-corrected chi connectivity index (χ0v) is 10.4. The third kappa shape index (κ3) is 2.33. The van der Waals surface area contributed by atoms with Crippen molar-refractivity contribution in [2.75, 3.05) is 5.73 Å². The second kappa shape index (κ2) is 4.53. The number of nitrogens with zero attached hydrogens (tertiary/aromatic N) is 1. The van der Waals surface area contributed by atoms with E-state index in [1.807, 2.05) is 31.2 Å². The maximum absolute atomic E-state index is 5.79. The number of hydrogen-bond acceptors (Lipinski definition) is 3. The van der Waals surface area contributed by atoms with Crippen molar-refractivity contribution in [2.24, 2.45) is 0 Å². The van der Waals surface area contributed by atoms with Crippen molar-refractivity contribution in [3.8, 4) is 11.5 Å². The van der Waals surface area contributed by atoms with Crippen LogP contribution in [0.3, 0.4) is 0 Å². The predicted octanol–water partition coefficient (Wildman–Crippen LogP) is 3.53. The Hall–Kier alpha value is -1.55. The number of hydrogen-bond donors (Lipinski definition) is 1. The van der Waals surface area contributed by atoms with Gasteiger partial charge in [0.05, 0.1) is 16.4 Å². The summed E-state index contributed by atoms with van der Waals surface area (Å²) in [5.41, 5.74) is 7.44. The van der Waals surface area contributed by atoms with Crippen LogP contribution in [-0.4, -0.2) is 4.98 Å². The lowest BCUT2D eigenvalue weighted by molar-refractivity contribution is 0.481. The third-order valence-electron chi connectivity index (χ3n) is 2.09. The highest BCUT2D eigenvalue weighted by atomic mass is 79.9. The van der Waals surface area contributed by atoms with Crippen LogP contribution in [0.5, 0.6) is 11.5 Å². The van der Waals surface area contributed by atoms with Gasteiger partial charge in [0.25, 0.3) is 0 Å². The maximum atomic E-state index is 5.79. The maximum Gasteiger partial charge on any atom is 0.167 e. The molecule has 0 atom stereocenters. The molecule has 0 aliphatic heterocycles. The molecular formula is C12H11BrN2O. The number of ether oxygens (including phenoxy) is 1. The fraction of sp³-hybridized carbons (Fsp3) is 0.0833. The Morgan fingerprint density at radius 3 is 2.81 bits per heavy atom. The summed E-state index contributed by atoms with van der Waals surface area (Å²) in [6, 6.07) is 7.79. The number of nitrogens with two attached hydrogens (primary N) is 1. The standard InChI is InChI=1S/C12H11BrN2O/c1-8-3-2-4-9(5-8)16-12-10(13)6-15-7-11(12)14/h2-7H,14H2,1H3. The fourth-order valence-electron chi connectivity index (χ4n) is 1.34. The van der Waals surface area contributed by atoms with Gasteiger partial charge in [-0.25, -0.2) is 0 Å². The first-order valence-corrected chi connectivity index (χ1v) is 5.59. The summed E-state index contributed by atoms with van der Waals surface area (Å²) in [5, 5.41) is 0. The number of aryl methyl sites for hydroxylation is 1. The summed E-state index contributed by atoms with van der Waals surface area (Å²) in [6.45, 7) is 2.01. The van der Waals surface area contributed by atoms with Gasteiger partial charge in [0.2, 0.25) is 0 Å². The molecule has 2 aromatic rings. The fourth-order valence-corrected chi connectivity index (χ4v) is 1.77. The SMILES string of the molecule is Cc1cccc(Oc2c(N)cncc2Br)c1. The van der Waals surface area contributed by atoms with Crippen molar-refractivity contribution < 1.29 is 4.74 Å². The van der Waals surface area contributed by atoms with Crippen LogP contribution >= 0.6 is 15.9 Å². The molecule has 0 aliphatic rings. The highest BCUT2D eigenvalue weighted by molar-refractivity contribution is 9.10. The predicted molar refractivity (Wildman–Crippen MR) is 67.6 cm³/mol. The minimum Gasteiger partial charge on any atom is -0.454 e. The van der Waals surface area contributed by atoms with Crippen molar-refractivity contribution >= 4 is 21.6 Å². The number of halogens is 1. The van der Waals surface area contributed by atoms with E-state index in [9.17, 15) is 0 Å². The number of pyridine rings is 1. The number of anilines is 1. The number of benzene rings is 1. The molecule has 82 valence electrons. The molecule has 0 bridgehead atoms. The Bertz CT molecular complexity index is 494. The lowest BCUT2D eigenvalue weighted by Gasteiger charge is -2.10. The molecule has 2 rings (SSSR count). The molecule has 0 fully saturated rings. The van der Waals surface area contributed by atoms with Gasteiger partial charge >= 0.3 is 0 Å². The molecule has 1 aromatic heterocycles. The summed E-state index contributed by atoms with van der Waals surface area (Å²) in [5.74, 6) is 1.36. The van der Waals surface area contributed by atoms with Crippen LogP contribution in [0, 0.1) is 6.92 Å². The van der Waals surface area contributed by atoms with Crippen molar-refractivity contribution in [1.29, 1.82) is 0 Å². The van der Waals surface area contributed by atoms with Crippen LogP contribution < -0.4 is 10.5 Å². The summed E-state index contributed by atoms with van der Waals surface area (Å²) in [6.07, 6.45) is 3.22. The lowest BCUT2D eigenvalue weighted by atomic mass is 10.2. The summed E-state index contributed by atoms with van der Waals surface area (Å²) >= 11 is 3.36. The average molecular weight is 279 g/mol. The van der Waals surface area contributed by atoms with Gasteiger partial charge in [0.15, 0.2) is 5.75 Å². The highest BCUT2D eigenvalue weighted by Gasteiger charge is 2.07. The van der Waals surface area contributed by atoms with Crippen LogP contribution in [-0.2, 0) is 0 Å². The number of nitrogen functional groups attached to an aromatic ring is 1. The zero-order chi connectivity index (χ0) is 11.5. The molecular weight excluding hydrogens is 268 g/mol. The van der Waals surface area contributed by atoms with E-state index in [0.29, 0.717) is 11.4 Å². The van der Waals surface area contributed by atoms with Crippen molar-refractivity contribution in [1.82, 2.24) is 4.98 Å². The van der Waals surface area contributed by atoms with Crippen LogP contribution in [0.2, 0.25) is 0 Å².